The number of alkyl halides is 2. The molecule has 0 amide bonds. The molecule has 1 rings (SSSR count). The number of carbonyl (C=O) groups is 1. The number of carboxylic acids is 1. The first-order valence-electron chi connectivity index (χ1n) is 4.07. The molecule has 0 heterocycles. The minimum Gasteiger partial charge on any atom is -0.478 e. The normalized spacial score (nSPS) is 10.2. The first-order chi connectivity index (χ1) is 6.60. The van der Waals surface area contributed by atoms with Crippen LogP contribution >= 0.6 is 31.9 Å². The fraction of sp³-hybridized carbons (Fsp3) is 0.300. The highest BCUT2D eigenvalue weighted by Crippen LogP contribution is 2.21. The summed E-state index contributed by atoms with van der Waals surface area (Å²) in [6.07, 6.45) is 0. The third-order valence-corrected chi connectivity index (χ3v) is 3.36. The summed E-state index contributed by atoms with van der Waals surface area (Å²) in [6, 6.07) is 3.71. The van der Waals surface area contributed by atoms with Gasteiger partial charge >= 0.3 is 5.97 Å². The van der Waals surface area contributed by atoms with E-state index in [1.54, 1.807) is 6.07 Å². The van der Waals surface area contributed by atoms with Crippen LogP contribution in [-0.4, -0.2) is 11.1 Å². The number of halogens is 2. The van der Waals surface area contributed by atoms with E-state index in [9.17, 15) is 4.79 Å². The van der Waals surface area contributed by atoms with Gasteiger partial charge in [0.15, 0.2) is 0 Å². The Morgan fingerprint density at radius 2 is 2.00 bits per heavy atom. The molecule has 0 atom stereocenters. The summed E-state index contributed by atoms with van der Waals surface area (Å²) in [4.78, 5) is 10.9. The Balaban J connectivity index is 3.34. The highest BCUT2D eigenvalue weighted by molar-refractivity contribution is 9.08. The monoisotopic (exact) mass is 320 g/mol. The fourth-order valence-corrected chi connectivity index (χ4v) is 2.18. The van der Waals surface area contributed by atoms with Crippen LogP contribution < -0.4 is 0 Å². The van der Waals surface area contributed by atoms with Crippen LogP contribution in [-0.2, 0) is 10.7 Å². The predicted molar refractivity (Wildman–Crippen MR) is 63.4 cm³/mol. The van der Waals surface area contributed by atoms with Crippen LogP contribution in [0.25, 0.3) is 0 Å². The summed E-state index contributed by atoms with van der Waals surface area (Å²) in [5.41, 5.74) is 3.23. The van der Waals surface area contributed by atoms with E-state index in [-0.39, 0.29) is 0 Å². The Kier molecular flexibility index (Phi) is 4.13. The maximum absolute atomic E-state index is 10.9. The quantitative estimate of drug-likeness (QED) is 0.865. The molecule has 0 bridgehead atoms. The lowest BCUT2D eigenvalue weighted by Gasteiger charge is -2.08. The first kappa shape index (κ1) is 11.7. The lowest BCUT2D eigenvalue weighted by atomic mass is 10.0. The van der Waals surface area contributed by atoms with Crippen molar-refractivity contribution in [3.05, 3.63) is 34.4 Å². The first-order valence-corrected chi connectivity index (χ1v) is 6.32. The molecule has 0 aliphatic rings. The van der Waals surface area contributed by atoms with Gasteiger partial charge in [0, 0.05) is 10.7 Å². The van der Waals surface area contributed by atoms with Gasteiger partial charge in [-0.2, -0.15) is 0 Å². The van der Waals surface area contributed by atoms with Gasteiger partial charge < -0.3 is 5.11 Å². The molecular formula is C10H10Br2O2. The molecule has 0 aliphatic heterocycles. The summed E-state index contributed by atoms with van der Waals surface area (Å²) in [7, 11) is 0. The van der Waals surface area contributed by atoms with Crippen molar-refractivity contribution < 1.29 is 9.90 Å². The van der Waals surface area contributed by atoms with Crippen molar-refractivity contribution in [2.24, 2.45) is 0 Å². The van der Waals surface area contributed by atoms with Crippen LogP contribution in [0.15, 0.2) is 12.1 Å². The molecule has 4 heteroatoms. The average molecular weight is 322 g/mol. The predicted octanol–water partition coefficient (Wildman–Crippen LogP) is 3.48. The number of rotatable bonds is 3. The van der Waals surface area contributed by atoms with Crippen LogP contribution in [0.4, 0.5) is 0 Å². The Bertz CT molecular complexity index is 361. The molecule has 1 N–H and O–H groups in total. The summed E-state index contributed by atoms with van der Waals surface area (Å²) in [5.74, 6) is -0.868. The molecule has 0 aliphatic carbocycles. The summed E-state index contributed by atoms with van der Waals surface area (Å²) in [6.45, 7) is 1.83. The SMILES string of the molecule is Cc1c(CBr)cc(CBr)cc1C(=O)O. The smallest absolute Gasteiger partial charge is 0.335 e. The van der Waals surface area contributed by atoms with E-state index in [0.29, 0.717) is 16.2 Å². The Hall–Kier alpha value is -0.350. The van der Waals surface area contributed by atoms with Gasteiger partial charge in [0.1, 0.15) is 0 Å². The minimum atomic E-state index is -0.868. The molecular weight excluding hydrogens is 312 g/mol. The van der Waals surface area contributed by atoms with Gasteiger partial charge in [-0.15, -0.1) is 0 Å². The maximum atomic E-state index is 10.9. The molecule has 76 valence electrons. The lowest BCUT2D eigenvalue weighted by molar-refractivity contribution is 0.0696. The van der Waals surface area contributed by atoms with Gasteiger partial charge in [-0.1, -0.05) is 37.9 Å². The van der Waals surface area contributed by atoms with Crippen molar-refractivity contribution in [1.29, 1.82) is 0 Å². The zero-order valence-electron chi connectivity index (χ0n) is 7.68. The molecule has 1 aromatic rings. The van der Waals surface area contributed by atoms with Gasteiger partial charge in [-0.05, 0) is 29.7 Å². The van der Waals surface area contributed by atoms with Crippen molar-refractivity contribution in [1.82, 2.24) is 0 Å². The number of benzene rings is 1. The van der Waals surface area contributed by atoms with Crippen molar-refractivity contribution in [2.45, 2.75) is 17.6 Å². The molecule has 0 aromatic heterocycles. The van der Waals surface area contributed by atoms with E-state index in [1.807, 2.05) is 13.0 Å². The second-order valence-electron chi connectivity index (χ2n) is 3.00. The standard InChI is InChI=1S/C10H10Br2O2/c1-6-8(5-12)2-7(4-11)3-9(6)10(13)14/h2-3H,4-5H2,1H3,(H,13,14). The third kappa shape index (κ3) is 2.36. The van der Waals surface area contributed by atoms with Crippen molar-refractivity contribution >= 4 is 37.8 Å². The third-order valence-electron chi connectivity index (χ3n) is 2.10. The molecule has 0 unspecified atom stereocenters. The average Bonchev–Trinajstić information content (AvgIpc) is 2.17. The molecule has 1 aromatic carbocycles. The summed E-state index contributed by atoms with van der Waals surface area (Å²) in [5, 5.41) is 10.3. The van der Waals surface area contributed by atoms with Gasteiger partial charge in [-0.25, -0.2) is 4.79 Å². The Labute approximate surface area is 99.6 Å². The number of aromatic carboxylic acids is 1. The number of carboxylic acid groups (broad SMARTS) is 1. The van der Waals surface area contributed by atoms with E-state index in [4.69, 9.17) is 5.11 Å². The molecule has 0 fully saturated rings. The largest absolute Gasteiger partial charge is 0.478 e. The lowest BCUT2D eigenvalue weighted by Crippen LogP contribution is -2.03. The van der Waals surface area contributed by atoms with Gasteiger partial charge in [0.25, 0.3) is 0 Å². The second kappa shape index (κ2) is 4.94. The molecule has 2 nitrogen and oxygen atoms in total. The molecule has 0 spiro atoms. The molecule has 0 radical (unpaired) electrons. The summed E-state index contributed by atoms with van der Waals surface area (Å²) < 4.78 is 0. The zero-order valence-corrected chi connectivity index (χ0v) is 10.9. The van der Waals surface area contributed by atoms with E-state index in [1.165, 1.54) is 0 Å². The van der Waals surface area contributed by atoms with Crippen LogP contribution in [0.2, 0.25) is 0 Å². The van der Waals surface area contributed by atoms with Crippen LogP contribution in [0.5, 0.6) is 0 Å². The topological polar surface area (TPSA) is 37.3 Å². The highest BCUT2D eigenvalue weighted by Gasteiger charge is 2.11. The van der Waals surface area contributed by atoms with Crippen LogP contribution in [0.3, 0.4) is 0 Å². The highest BCUT2D eigenvalue weighted by atomic mass is 79.9. The van der Waals surface area contributed by atoms with E-state index in [0.717, 1.165) is 16.7 Å². The van der Waals surface area contributed by atoms with Crippen molar-refractivity contribution in [3.63, 3.8) is 0 Å². The van der Waals surface area contributed by atoms with Crippen LogP contribution in [0.1, 0.15) is 27.0 Å². The summed E-state index contributed by atoms with van der Waals surface area (Å²) >= 11 is 6.67. The van der Waals surface area contributed by atoms with Crippen molar-refractivity contribution in [2.75, 3.05) is 0 Å². The van der Waals surface area contributed by atoms with E-state index < -0.39 is 5.97 Å². The fourth-order valence-electron chi connectivity index (χ4n) is 1.28. The van der Waals surface area contributed by atoms with Crippen LogP contribution in [0, 0.1) is 6.92 Å². The molecule has 14 heavy (non-hydrogen) atoms. The Morgan fingerprint density at radius 1 is 1.36 bits per heavy atom. The molecule has 0 saturated carbocycles. The van der Waals surface area contributed by atoms with E-state index in [2.05, 4.69) is 31.9 Å². The van der Waals surface area contributed by atoms with E-state index >= 15 is 0 Å². The Morgan fingerprint density at radius 3 is 2.43 bits per heavy atom. The maximum Gasteiger partial charge on any atom is 0.335 e. The van der Waals surface area contributed by atoms with Gasteiger partial charge in [0.05, 0.1) is 5.56 Å². The zero-order chi connectivity index (χ0) is 10.7. The number of hydrogen-bond acceptors (Lipinski definition) is 1. The van der Waals surface area contributed by atoms with Crippen molar-refractivity contribution in [3.8, 4) is 0 Å². The van der Waals surface area contributed by atoms with Gasteiger partial charge in [-0.3, -0.25) is 0 Å². The number of hydrogen-bond donors (Lipinski definition) is 1. The second-order valence-corrected chi connectivity index (χ2v) is 4.12. The molecule has 0 saturated heterocycles. The van der Waals surface area contributed by atoms with Gasteiger partial charge in [0.2, 0.25) is 0 Å². The minimum absolute atomic E-state index is 0.386.